The Morgan fingerprint density at radius 3 is 2.28 bits per heavy atom. The zero-order valence-corrected chi connectivity index (χ0v) is 18.1. The van der Waals surface area contributed by atoms with Gasteiger partial charge in [-0.25, -0.2) is 8.42 Å². The molecular formula is C21H30N4O3S. The van der Waals surface area contributed by atoms with Crippen molar-refractivity contribution >= 4 is 10.0 Å². The van der Waals surface area contributed by atoms with Crippen LogP contribution in [0.3, 0.4) is 0 Å². The molecule has 1 aromatic heterocycles. The molecule has 158 valence electrons. The third-order valence-corrected chi connectivity index (χ3v) is 8.23. The van der Waals surface area contributed by atoms with E-state index in [1.54, 1.807) is 23.4 Å². The van der Waals surface area contributed by atoms with Crippen molar-refractivity contribution in [3.05, 3.63) is 41.5 Å². The molecular weight excluding hydrogens is 388 g/mol. The highest BCUT2D eigenvalue weighted by Gasteiger charge is 2.31. The van der Waals surface area contributed by atoms with Crippen molar-refractivity contribution in [3.8, 4) is 0 Å². The van der Waals surface area contributed by atoms with Crippen LogP contribution in [0.2, 0.25) is 0 Å². The minimum absolute atomic E-state index is 0.0177. The van der Waals surface area contributed by atoms with Crippen LogP contribution in [0.5, 0.6) is 0 Å². The van der Waals surface area contributed by atoms with Crippen molar-refractivity contribution in [1.82, 2.24) is 19.3 Å². The van der Waals surface area contributed by atoms with E-state index in [1.807, 2.05) is 19.1 Å². The average molecular weight is 419 g/mol. The summed E-state index contributed by atoms with van der Waals surface area (Å²) in [6.07, 6.45) is 6.30. The van der Waals surface area contributed by atoms with E-state index in [-0.39, 0.29) is 6.04 Å². The van der Waals surface area contributed by atoms with Gasteiger partial charge in [0, 0.05) is 26.2 Å². The molecule has 1 saturated carbocycles. The highest BCUT2D eigenvalue weighted by molar-refractivity contribution is 7.89. The second-order valence-corrected chi connectivity index (χ2v) is 10.1. The molecule has 7 nitrogen and oxygen atoms in total. The number of hydrogen-bond donors (Lipinski definition) is 0. The molecule has 0 amide bonds. The predicted octanol–water partition coefficient (Wildman–Crippen LogP) is 3.49. The summed E-state index contributed by atoms with van der Waals surface area (Å²) in [4.78, 5) is 6.88. The molecule has 0 radical (unpaired) electrons. The zero-order chi connectivity index (χ0) is 20.4. The van der Waals surface area contributed by atoms with Gasteiger partial charge in [-0.15, -0.1) is 0 Å². The molecule has 8 heteroatoms. The summed E-state index contributed by atoms with van der Waals surface area (Å²) in [6, 6.07) is 7.58. The Morgan fingerprint density at radius 1 is 1.03 bits per heavy atom. The van der Waals surface area contributed by atoms with E-state index in [0.29, 0.717) is 48.7 Å². The predicted molar refractivity (Wildman–Crippen MR) is 110 cm³/mol. The number of aromatic nitrogens is 2. The van der Waals surface area contributed by atoms with Gasteiger partial charge in [0.25, 0.3) is 0 Å². The minimum Gasteiger partial charge on any atom is -0.338 e. The first-order valence-electron chi connectivity index (χ1n) is 10.6. The van der Waals surface area contributed by atoms with Crippen LogP contribution < -0.4 is 0 Å². The molecule has 0 N–H and O–H groups in total. The molecule has 2 heterocycles. The van der Waals surface area contributed by atoms with E-state index >= 15 is 0 Å². The van der Waals surface area contributed by atoms with Gasteiger partial charge in [0.2, 0.25) is 15.9 Å². The largest absolute Gasteiger partial charge is 0.338 e. The van der Waals surface area contributed by atoms with Crippen molar-refractivity contribution in [1.29, 1.82) is 0 Å². The third kappa shape index (κ3) is 4.39. The van der Waals surface area contributed by atoms with Crippen molar-refractivity contribution in [2.45, 2.75) is 62.8 Å². The Kier molecular flexibility index (Phi) is 6.03. The van der Waals surface area contributed by atoms with Crippen LogP contribution in [0.1, 0.15) is 68.3 Å². The van der Waals surface area contributed by atoms with Crippen LogP contribution in [-0.4, -0.2) is 53.9 Å². The van der Waals surface area contributed by atoms with Crippen molar-refractivity contribution < 1.29 is 12.9 Å². The molecule has 0 unspecified atom stereocenters. The lowest BCUT2D eigenvalue weighted by Crippen LogP contribution is -2.49. The van der Waals surface area contributed by atoms with Crippen molar-refractivity contribution in [2.24, 2.45) is 0 Å². The number of piperazine rings is 1. The Morgan fingerprint density at radius 2 is 1.69 bits per heavy atom. The molecule has 1 aliphatic carbocycles. The second kappa shape index (κ2) is 8.53. The summed E-state index contributed by atoms with van der Waals surface area (Å²) in [7, 11) is -3.46. The number of hydrogen-bond acceptors (Lipinski definition) is 6. The van der Waals surface area contributed by atoms with E-state index in [4.69, 9.17) is 4.52 Å². The summed E-state index contributed by atoms with van der Waals surface area (Å²) in [5, 5.41) is 3.85. The van der Waals surface area contributed by atoms with Gasteiger partial charge in [-0.3, -0.25) is 4.90 Å². The molecule has 1 aliphatic heterocycles. The molecule has 1 saturated heterocycles. The standard InChI is InChI=1S/C21H30N4O3S/c1-16(21-22-17(2)23-28-21)24-12-14-25(15-13-24)29(26,27)20-10-8-19(9-11-20)18-6-4-3-5-7-18/h8-11,16,18H,3-7,12-15H2,1-2H3/t16-/m0/s1. The SMILES string of the molecule is Cc1noc([C@H](C)N2CCN(S(=O)(=O)c3ccc(C4CCCCC4)cc3)CC2)n1. The van der Waals surface area contributed by atoms with E-state index in [1.165, 1.54) is 37.7 Å². The Bertz CT molecular complexity index is 912. The lowest BCUT2D eigenvalue weighted by molar-refractivity contribution is 0.124. The number of nitrogens with zero attached hydrogens (tertiary/aromatic N) is 4. The number of benzene rings is 1. The Labute approximate surface area is 173 Å². The fourth-order valence-electron chi connectivity index (χ4n) is 4.47. The maximum Gasteiger partial charge on any atom is 0.243 e. The van der Waals surface area contributed by atoms with Crippen LogP contribution in [0.15, 0.2) is 33.7 Å². The molecule has 0 bridgehead atoms. The van der Waals surface area contributed by atoms with Gasteiger partial charge < -0.3 is 4.52 Å². The van der Waals surface area contributed by atoms with Gasteiger partial charge in [-0.05, 0) is 50.3 Å². The van der Waals surface area contributed by atoms with E-state index < -0.39 is 10.0 Å². The van der Waals surface area contributed by atoms with Crippen LogP contribution in [-0.2, 0) is 10.0 Å². The summed E-state index contributed by atoms with van der Waals surface area (Å²) in [6.45, 7) is 6.02. The first-order chi connectivity index (χ1) is 13.9. The van der Waals surface area contributed by atoms with Crippen molar-refractivity contribution in [2.75, 3.05) is 26.2 Å². The monoisotopic (exact) mass is 418 g/mol. The fourth-order valence-corrected chi connectivity index (χ4v) is 5.89. The molecule has 0 spiro atoms. The summed E-state index contributed by atoms with van der Waals surface area (Å²) < 4.78 is 33.0. The number of sulfonamides is 1. The number of rotatable bonds is 5. The third-order valence-electron chi connectivity index (χ3n) is 6.32. The maximum atomic E-state index is 13.1. The Balaban J connectivity index is 1.39. The molecule has 29 heavy (non-hydrogen) atoms. The smallest absolute Gasteiger partial charge is 0.243 e. The fraction of sp³-hybridized carbons (Fsp3) is 0.619. The molecule has 2 fully saturated rings. The van der Waals surface area contributed by atoms with Gasteiger partial charge in [-0.1, -0.05) is 36.6 Å². The number of aryl methyl sites for hydroxylation is 1. The summed E-state index contributed by atoms with van der Waals surface area (Å²) in [5.41, 5.74) is 1.28. The molecule has 4 rings (SSSR count). The van der Waals surface area contributed by atoms with Crippen LogP contribution in [0.4, 0.5) is 0 Å². The van der Waals surface area contributed by atoms with Gasteiger partial charge in [-0.2, -0.15) is 9.29 Å². The zero-order valence-electron chi connectivity index (χ0n) is 17.2. The van der Waals surface area contributed by atoms with Gasteiger partial charge in [0.15, 0.2) is 5.82 Å². The highest BCUT2D eigenvalue weighted by atomic mass is 32.2. The average Bonchev–Trinajstić information content (AvgIpc) is 3.20. The van der Waals surface area contributed by atoms with Crippen molar-refractivity contribution in [3.63, 3.8) is 0 Å². The van der Waals surface area contributed by atoms with E-state index in [2.05, 4.69) is 15.0 Å². The molecule has 1 atom stereocenters. The summed E-state index contributed by atoms with van der Waals surface area (Å²) in [5.74, 6) is 1.78. The Hall–Kier alpha value is -1.77. The first kappa shape index (κ1) is 20.5. The second-order valence-electron chi connectivity index (χ2n) is 8.20. The van der Waals surface area contributed by atoms with Crippen LogP contribution in [0.25, 0.3) is 0 Å². The highest BCUT2D eigenvalue weighted by Crippen LogP contribution is 2.33. The van der Waals surface area contributed by atoms with Gasteiger partial charge >= 0.3 is 0 Å². The van der Waals surface area contributed by atoms with Gasteiger partial charge in [0.1, 0.15) is 0 Å². The summed E-state index contributed by atoms with van der Waals surface area (Å²) >= 11 is 0. The van der Waals surface area contributed by atoms with Gasteiger partial charge in [0.05, 0.1) is 10.9 Å². The van der Waals surface area contributed by atoms with Crippen LogP contribution in [0, 0.1) is 6.92 Å². The quantitative estimate of drug-likeness (QED) is 0.739. The molecule has 2 aromatic rings. The molecule has 1 aromatic carbocycles. The molecule has 2 aliphatic rings. The van der Waals surface area contributed by atoms with E-state index in [9.17, 15) is 8.42 Å². The topological polar surface area (TPSA) is 79.5 Å². The minimum atomic E-state index is -3.46. The maximum absolute atomic E-state index is 13.1. The van der Waals surface area contributed by atoms with E-state index in [0.717, 1.165) is 0 Å². The first-order valence-corrected chi connectivity index (χ1v) is 12.0. The lowest BCUT2D eigenvalue weighted by atomic mass is 9.84. The van der Waals surface area contributed by atoms with Crippen LogP contribution >= 0.6 is 0 Å². The lowest BCUT2D eigenvalue weighted by Gasteiger charge is -2.36. The normalized spacial score (nSPS) is 21.3.